The fraction of sp³-hybridized carbons (Fsp3) is 0.562. The van der Waals surface area contributed by atoms with Crippen LogP contribution in [0.15, 0.2) is 11.4 Å². The molecule has 0 aromatic carbocycles. The van der Waals surface area contributed by atoms with E-state index in [0.717, 1.165) is 12.8 Å². The Labute approximate surface area is 139 Å². The zero-order valence-electron chi connectivity index (χ0n) is 13.1. The van der Waals surface area contributed by atoms with E-state index in [9.17, 15) is 9.59 Å². The van der Waals surface area contributed by atoms with Gasteiger partial charge < -0.3 is 10.2 Å². The molecule has 0 radical (unpaired) electrons. The highest BCUT2D eigenvalue weighted by atomic mass is 32.1. The predicted octanol–water partition coefficient (Wildman–Crippen LogP) is 1.50. The molecule has 1 saturated heterocycles. The van der Waals surface area contributed by atoms with Crippen LogP contribution in [0.4, 0.5) is 5.00 Å². The lowest BCUT2D eigenvalue weighted by atomic mass is 10.2. The van der Waals surface area contributed by atoms with Crippen LogP contribution in [-0.4, -0.2) is 53.8 Å². The summed E-state index contributed by atoms with van der Waals surface area (Å²) in [5, 5.41) is 14.2. The highest BCUT2D eigenvalue weighted by molar-refractivity contribution is 7.14. The van der Waals surface area contributed by atoms with Gasteiger partial charge in [0, 0.05) is 32.1 Å². The number of hydrogen-bond acceptors (Lipinski definition) is 5. The standard InChI is InChI=1S/C16H20N4O2S/c1-11(14(21)18-15-13(10-17)4-9-23-15)19-5-7-20(8-6-19)16(22)12-2-3-12/h4,9,11-12H,2-3,5-8H2,1H3,(H,18,21)/t11-/m0/s1. The Kier molecular flexibility index (Phi) is 4.64. The number of thiophene rings is 1. The van der Waals surface area contributed by atoms with Crippen LogP contribution in [0.5, 0.6) is 0 Å². The molecule has 1 aliphatic carbocycles. The molecule has 2 heterocycles. The summed E-state index contributed by atoms with van der Waals surface area (Å²) in [6, 6.07) is 3.50. The molecule has 1 aromatic rings. The SMILES string of the molecule is C[C@@H](C(=O)Nc1sccc1C#N)N1CCN(C(=O)C2CC2)CC1. The van der Waals surface area contributed by atoms with Gasteiger partial charge in [0.25, 0.3) is 0 Å². The van der Waals surface area contributed by atoms with Gasteiger partial charge >= 0.3 is 0 Å². The van der Waals surface area contributed by atoms with Crippen LogP contribution in [0, 0.1) is 17.2 Å². The summed E-state index contributed by atoms with van der Waals surface area (Å²) < 4.78 is 0. The van der Waals surface area contributed by atoms with Gasteiger partial charge in [0.05, 0.1) is 11.6 Å². The van der Waals surface area contributed by atoms with Gasteiger partial charge in [0.2, 0.25) is 11.8 Å². The molecule has 1 N–H and O–H groups in total. The van der Waals surface area contributed by atoms with Crippen molar-refractivity contribution in [1.82, 2.24) is 9.80 Å². The molecule has 2 amide bonds. The number of nitrogens with one attached hydrogen (secondary N) is 1. The third kappa shape index (κ3) is 3.54. The largest absolute Gasteiger partial charge is 0.340 e. The molecule has 7 heteroatoms. The Morgan fingerprint density at radius 1 is 1.35 bits per heavy atom. The Bertz CT molecular complexity index is 639. The number of anilines is 1. The van der Waals surface area contributed by atoms with Crippen molar-refractivity contribution in [3.8, 4) is 6.07 Å². The first-order valence-corrected chi connectivity index (χ1v) is 8.79. The van der Waals surface area contributed by atoms with Crippen LogP contribution < -0.4 is 5.32 Å². The third-order valence-electron chi connectivity index (χ3n) is 4.50. The Morgan fingerprint density at radius 3 is 2.65 bits per heavy atom. The number of carbonyl (C=O) groups is 2. The summed E-state index contributed by atoms with van der Waals surface area (Å²) in [5.74, 6) is 0.426. The van der Waals surface area contributed by atoms with Crippen molar-refractivity contribution in [3.63, 3.8) is 0 Å². The topological polar surface area (TPSA) is 76.4 Å². The second kappa shape index (κ2) is 6.69. The first-order valence-electron chi connectivity index (χ1n) is 7.91. The minimum atomic E-state index is -0.276. The Balaban J connectivity index is 1.52. The summed E-state index contributed by atoms with van der Waals surface area (Å²) in [6.07, 6.45) is 2.06. The molecule has 2 fully saturated rings. The molecule has 1 aliphatic heterocycles. The summed E-state index contributed by atoms with van der Waals surface area (Å²) in [6.45, 7) is 4.67. The summed E-state index contributed by atoms with van der Waals surface area (Å²) in [4.78, 5) is 28.4. The van der Waals surface area contributed by atoms with Gasteiger partial charge in [-0.3, -0.25) is 14.5 Å². The fourth-order valence-electron chi connectivity index (χ4n) is 2.79. The van der Waals surface area contributed by atoms with Crippen molar-refractivity contribution in [2.75, 3.05) is 31.5 Å². The smallest absolute Gasteiger partial charge is 0.242 e. The van der Waals surface area contributed by atoms with Gasteiger partial charge in [-0.05, 0) is 31.2 Å². The molecule has 3 rings (SSSR count). The highest BCUT2D eigenvalue weighted by Crippen LogP contribution is 2.31. The molecule has 1 saturated carbocycles. The Hall–Kier alpha value is -1.91. The average Bonchev–Trinajstić information content (AvgIpc) is 3.33. The van der Waals surface area contributed by atoms with Crippen molar-refractivity contribution < 1.29 is 9.59 Å². The third-order valence-corrected chi connectivity index (χ3v) is 5.33. The van der Waals surface area contributed by atoms with Crippen LogP contribution in [0.1, 0.15) is 25.3 Å². The summed E-state index contributed by atoms with van der Waals surface area (Å²) in [5.41, 5.74) is 0.496. The molecule has 0 spiro atoms. The maximum Gasteiger partial charge on any atom is 0.242 e. The van der Waals surface area contributed by atoms with Crippen LogP contribution in [0.2, 0.25) is 0 Å². The first-order chi connectivity index (χ1) is 11.1. The maximum atomic E-state index is 12.4. The van der Waals surface area contributed by atoms with E-state index in [-0.39, 0.29) is 23.8 Å². The fourth-order valence-corrected chi connectivity index (χ4v) is 3.53. The number of piperazine rings is 1. The van der Waals surface area contributed by atoms with Crippen LogP contribution in [-0.2, 0) is 9.59 Å². The number of amides is 2. The predicted molar refractivity (Wildman–Crippen MR) is 88.0 cm³/mol. The number of rotatable bonds is 4. The van der Waals surface area contributed by atoms with E-state index in [4.69, 9.17) is 5.26 Å². The van der Waals surface area contributed by atoms with Gasteiger partial charge in [-0.2, -0.15) is 5.26 Å². The van der Waals surface area contributed by atoms with Crippen molar-refractivity contribution in [2.45, 2.75) is 25.8 Å². The van der Waals surface area contributed by atoms with Gasteiger partial charge in [0.15, 0.2) is 0 Å². The summed E-state index contributed by atoms with van der Waals surface area (Å²) >= 11 is 1.36. The molecule has 1 atom stereocenters. The number of hydrogen-bond donors (Lipinski definition) is 1. The number of carbonyl (C=O) groups excluding carboxylic acids is 2. The van der Waals surface area contributed by atoms with Crippen molar-refractivity contribution >= 4 is 28.2 Å². The quantitative estimate of drug-likeness (QED) is 0.906. The monoisotopic (exact) mass is 332 g/mol. The van der Waals surface area contributed by atoms with Crippen molar-refractivity contribution in [1.29, 1.82) is 5.26 Å². The van der Waals surface area contributed by atoms with E-state index in [1.807, 2.05) is 11.8 Å². The van der Waals surface area contributed by atoms with E-state index in [1.165, 1.54) is 11.3 Å². The molecular weight excluding hydrogens is 312 g/mol. The minimum absolute atomic E-state index is 0.106. The van der Waals surface area contributed by atoms with E-state index in [2.05, 4.69) is 16.3 Å². The van der Waals surface area contributed by atoms with E-state index >= 15 is 0 Å². The zero-order valence-corrected chi connectivity index (χ0v) is 13.9. The Morgan fingerprint density at radius 2 is 2.04 bits per heavy atom. The molecular formula is C16H20N4O2S. The van der Waals surface area contributed by atoms with E-state index in [1.54, 1.807) is 11.4 Å². The molecule has 1 aromatic heterocycles. The lowest BCUT2D eigenvalue weighted by molar-refractivity contribution is -0.135. The highest BCUT2D eigenvalue weighted by Gasteiger charge is 2.35. The van der Waals surface area contributed by atoms with Gasteiger partial charge in [0.1, 0.15) is 11.1 Å². The molecule has 23 heavy (non-hydrogen) atoms. The second-order valence-corrected chi connectivity index (χ2v) is 6.99. The van der Waals surface area contributed by atoms with Crippen LogP contribution in [0.3, 0.4) is 0 Å². The second-order valence-electron chi connectivity index (χ2n) is 6.08. The zero-order chi connectivity index (χ0) is 16.4. The van der Waals surface area contributed by atoms with E-state index < -0.39 is 0 Å². The van der Waals surface area contributed by atoms with Crippen LogP contribution >= 0.6 is 11.3 Å². The molecule has 0 bridgehead atoms. The lowest BCUT2D eigenvalue weighted by Gasteiger charge is -2.37. The number of nitriles is 1. The van der Waals surface area contributed by atoms with Crippen molar-refractivity contribution in [3.05, 3.63) is 17.0 Å². The molecule has 6 nitrogen and oxygen atoms in total. The summed E-state index contributed by atoms with van der Waals surface area (Å²) in [7, 11) is 0. The van der Waals surface area contributed by atoms with Crippen LogP contribution in [0.25, 0.3) is 0 Å². The molecule has 2 aliphatic rings. The maximum absolute atomic E-state index is 12.4. The van der Waals surface area contributed by atoms with Crippen molar-refractivity contribution in [2.24, 2.45) is 5.92 Å². The normalized spacial score (nSPS) is 19.9. The average molecular weight is 332 g/mol. The number of nitrogens with zero attached hydrogens (tertiary/aromatic N) is 3. The minimum Gasteiger partial charge on any atom is -0.340 e. The molecule has 0 unspecified atom stereocenters. The van der Waals surface area contributed by atoms with Gasteiger partial charge in [-0.25, -0.2) is 0 Å². The van der Waals surface area contributed by atoms with E-state index in [0.29, 0.717) is 36.7 Å². The van der Waals surface area contributed by atoms with Gasteiger partial charge in [-0.15, -0.1) is 11.3 Å². The lowest BCUT2D eigenvalue weighted by Crippen LogP contribution is -2.54. The molecule has 122 valence electrons. The first kappa shape index (κ1) is 16.0. The van der Waals surface area contributed by atoms with Gasteiger partial charge in [-0.1, -0.05) is 0 Å².